The van der Waals surface area contributed by atoms with Crippen LogP contribution in [0.4, 0.5) is 4.39 Å². The zero-order valence-corrected chi connectivity index (χ0v) is 5.84. The fraction of sp³-hybridized carbons (Fsp3) is 0.222. The minimum absolute atomic E-state index is 0.221. The molecule has 52 valence electrons. The van der Waals surface area contributed by atoms with E-state index < -0.39 is 0 Å². The van der Waals surface area contributed by atoms with Crippen LogP contribution in [-0.2, 0) is 0 Å². The Morgan fingerprint density at radius 1 is 1.40 bits per heavy atom. The van der Waals surface area contributed by atoms with Crippen LogP contribution in [0, 0.1) is 12.7 Å². The van der Waals surface area contributed by atoms with E-state index >= 15 is 0 Å². The molecule has 0 bridgehead atoms. The van der Waals surface area contributed by atoms with Gasteiger partial charge in [0.25, 0.3) is 0 Å². The van der Waals surface area contributed by atoms with Gasteiger partial charge in [-0.15, -0.1) is 0 Å². The van der Waals surface area contributed by atoms with Crippen LogP contribution in [0.25, 0.3) is 0 Å². The molecule has 0 aliphatic heterocycles. The lowest BCUT2D eigenvalue weighted by molar-refractivity contribution is 0.605. The summed E-state index contributed by atoms with van der Waals surface area (Å²) in [4.78, 5) is 0. The van der Waals surface area contributed by atoms with E-state index in [9.17, 15) is 4.39 Å². The number of halogens is 1. The minimum atomic E-state index is -0.225. The van der Waals surface area contributed by atoms with Crippen molar-refractivity contribution in [2.75, 3.05) is 0 Å². The van der Waals surface area contributed by atoms with Crippen LogP contribution >= 0.6 is 0 Å². The normalized spacial score (nSPS) is 10.4. The largest absolute Gasteiger partial charge is 0.207 e. The lowest BCUT2D eigenvalue weighted by atomic mass is 10.0. The third-order valence-electron chi connectivity index (χ3n) is 1.40. The van der Waals surface area contributed by atoms with E-state index in [0.29, 0.717) is 5.56 Å². The Balaban J connectivity index is 3.03. The fourth-order valence-electron chi connectivity index (χ4n) is 0.844. The van der Waals surface area contributed by atoms with Crippen molar-refractivity contribution in [3.8, 4) is 0 Å². The molecule has 0 aromatic heterocycles. The summed E-state index contributed by atoms with van der Waals surface area (Å²) in [6, 6.07) is 6.54. The molecule has 0 amide bonds. The van der Waals surface area contributed by atoms with Crippen LogP contribution in [0.3, 0.4) is 0 Å². The van der Waals surface area contributed by atoms with Crippen molar-refractivity contribution in [1.29, 1.82) is 0 Å². The van der Waals surface area contributed by atoms with E-state index in [-0.39, 0.29) is 11.7 Å². The summed E-state index contributed by atoms with van der Waals surface area (Å²) in [7, 11) is 0. The highest BCUT2D eigenvalue weighted by Gasteiger charge is 2.03. The smallest absolute Gasteiger partial charge is 0.126 e. The molecule has 1 atom stereocenters. The number of rotatable bonds is 1. The third-order valence-corrected chi connectivity index (χ3v) is 1.40. The average Bonchev–Trinajstić information content (AvgIpc) is 1.88. The van der Waals surface area contributed by atoms with Crippen molar-refractivity contribution in [2.45, 2.75) is 12.8 Å². The van der Waals surface area contributed by atoms with Crippen molar-refractivity contribution >= 4 is 0 Å². The molecule has 0 nitrogen and oxygen atoms in total. The first-order valence-corrected chi connectivity index (χ1v) is 3.22. The van der Waals surface area contributed by atoms with E-state index in [4.69, 9.17) is 6.92 Å². The van der Waals surface area contributed by atoms with E-state index in [1.807, 2.05) is 0 Å². The van der Waals surface area contributed by atoms with Crippen LogP contribution in [0.2, 0.25) is 0 Å². The molecule has 1 aromatic rings. The maximum absolute atomic E-state index is 12.8. The van der Waals surface area contributed by atoms with Crippen molar-refractivity contribution in [3.05, 3.63) is 42.6 Å². The van der Waals surface area contributed by atoms with Gasteiger partial charge in [-0.1, -0.05) is 25.1 Å². The average molecular weight is 136 g/mol. The van der Waals surface area contributed by atoms with Gasteiger partial charge in [-0.3, -0.25) is 0 Å². The second-order valence-corrected chi connectivity index (χ2v) is 2.31. The highest BCUT2D eigenvalue weighted by molar-refractivity contribution is 5.21. The second-order valence-electron chi connectivity index (χ2n) is 2.31. The Hall–Kier alpha value is -0.850. The Kier molecular flexibility index (Phi) is 2.05. The standard InChI is InChI=1S/C9H9F/c1-7(2)8-5-3-4-6-9(8)10/h1,3-7H,2H3/t7-/m1/s1. The van der Waals surface area contributed by atoms with Crippen LogP contribution in [0.5, 0.6) is 0 Å². The van der Waals surface area contributed by atoms with Crippen LogP contribution in [0.15, 0.2) is 24.3 Å². The SMILES string of the molecule is [CH][C@H](C)c1ccccc1F. The summed E-state index contributed by atoms with van der Waals surface area (Å²) in [6.07, 6.45) is 0. The lowest BCUT2D eigenvalue weighted by Gasteiger charge is -2.04. The molecule has 0 unspecified atom stereocenters. The highest BCUT2D eigenvalue weighted by Crippen LogP contribution is 2.16. The molecule has 0 aliphatic rings. The molecule has 0 N–H and O–H groups in total. The molecular weight excluding hydrogens is 127 g/mol. The van der Waals surface area contributed by atoms with E-state index in [2.05, 4.69) is 0 Å². The summed E-state index contributed by atoms with van der Waals surface area (Å²) in [5, 5.41) is 0. The molecule has 1 heteroatoms. The maximum atomic E-state index is 12.8. The number of benzene rings is 1. The predicted molar refractivity (Wildman–Crippen MR) is 39.1 cm³/mol. The molecule has 10 heavy (non-hydrogen) atoms. The summed E-state index contributed by atoms with van der Waals surface area (Å²) in [5.41, 5.74) is 0.572. The lowest BCUT2D eigenvalue weighted by Crippen LogP contribution is -1.90. The molecule has 0 heterocycles. The van der Waals surface area contributed by atoms with Crippen LogP contribution < -0.4 is 0 Å². The van der Waals surface area contributed by atoms with Crippen LogP contribution in [-0.4, -0.2) is 0 Å². The molecule has 0 fully saturated rings. The van der Waals surface area contributed by atoms with E-state index in [1.54, 1.807) is 25.1 Å². The Labute approximate surface area is 60.7 Å². The Bertz CT molecular complexity index is 216. The first-order chi connectivity index (χ1) is 4.72. The van der Waals surface area contributed by atoms with Gasteiger partial charge >= 0.3 is 0 Å². The van der Waals surface area contributed by atoms with Crippen molar-refractivity contribution in [1.82, 2.24) is 0 Å². The predicted octanol–water partition coefficient (Wildman–Crippen LogP) is 2.64. The quantitative estimate of drug-likeness (QED) is 0.556. The summed E-state index contributed by atoms with van der Waals surface area (Å²) in [6.45, 7) is 7.24. The van der Waals surface area contributed by atoms with Gasteiger partial charge < -0.3 is 0 Å². The molecule has 0 saturated carbocycles. The second kappa shape index (κ2) is 2.82. The Morgan fingerprint density at radius 3 is 2.40 bits per heavy atom. The number of hydrogen-bond donors (Lipinski definition) is 0. The van der Waals surface area contributed by atoms with Crippen molar-refractivity contribution in [2.24, 2.45) is 0 Å². The van der Waals surface area contributed by atoms with Gasteiger partial charge in [0.2, 0.25) is 0 Å². The summed E-state index contributed by atoms with van der Waals surface area (Å²) >= 11 is 0. The van der Waals surface area contributed by atoms with Crippen molar-refractivity contribution < 1.29 is 4.39 Å². The molecule has 2 radical (unpaired) electrons. The van der Waals surface area contributed by atoms with Gasteiger partial charge in [0, 0.05) is 0 Å². The van der Waals surface area contributed by atoms with E-state index in [1.165, 1.54) is 6.07 Å². The molecule has 0 spiro atoms. The van der Waals surface area contributed by atoms with Gasteiger partial charge in [0.1, 0.15) is 5.82 Å². The topological polar surface area (TPSA) is 0 Å². The number of hydrogen-bond acceptors (Lipinski definition) is 0. The third kappa shape index (κ3) is 1.35. The summed E-state index contributed by atoms with van der Waals surface area (Å²) in [5.74, 6) is -0.446. The Morgan fingerprint density at radius 2 is 2.00 bits per heavy atom. The summed E-state index contributed by atoms with van der Waals surface area (Å²) < 4.78 is 12.8. The highest BCUT2D eigenvalue weighted by atomic mass is 19.1. The monoisotopic (exact) mass is 136 g/mol. The molecule has 1 rings (SSSR count). The first-order valence-electron chi connectivity index (χ1n) is 3.22. The molecule has 1 aromatic carbocycles. The van der Waals surface area contributed by atoms with Gasteiger partial charge in [0.15, 0.2) is 0 Å². The van der Waals surface area contributed by atoms with Gasteiger partial charge in [-0.25, -0.2) is 4.39 Å². The van der Waals surface area contributed by atoms with Gasteiger partial charge in [-0.05, 0) is 24.5 Å². The van der Waals surface area contributed by atoms with E-state index in [0.717, 1.165) is 0 Å². The van der Waals surface area contributed by atoms with Gasteiger partial charge in [-0.2, -0.15) is 0 Å². The van der Waals surface area contributed by atoms with Crippen LogP contribution in [0.1, 0.15) is 18.4 Å². The maximum Gasteiger partial charge on any atom is 0.126 e. The fourth-order valence-corrected chi connectivity index (χ4v) is 0.844. The van der Waals surface area contributed by atoms with Gasteiger partial charge in [0.05, 0.1) is 0 Å². The van der Waals surface area contributed by atoms with Crippen molar-refractivity contribution in [3.63, 3.8) is 0 Å². The zero-order chi connectivity index (χ0) is 7.56. The molecule has 0 saturated heterocycles. The molecular formula is C9H9F. The molecule has 0 aliphatic carbocycles. The first kappa shape index (κ1) is 7.26. The zero-order valence-electron chi connectivity index (χ0n) is 5.84. The minimum Gasteiger partial charge on any atom is -0.207 e.